The van der Waals surface area contributed by atoms with Crippen molar-refractivity contribution in [2.45, 2.75) is 32.3 Å². The molecule has 7 heteroatoms. The van der Waals surface area contributed by atoms with Gasteiger partial charge in [-0.05, 0) is 37.6 Å². The second-order valence-electron chi connectivity index (χ2n) is 6.96. The summed E-state index contributed by atoms with van der Waals surface area (Å²) in [5.41, 5.74) is 2.01. The summed E-state index contributed by atoms with van der Waals surface area (Å²) < 4.78 is 11.1. The van der Waals surface area contributed by atoms with Crippen molar-refractivity contribution in [2.75, 3.05) is 13.1 Å². The van der Waals surface area contributed by atoms with Crippen molar-refractivity contribution in [2.24, 2.45) is 0 Å². The predicted octanol–water partition coefficient (Wildman–Crippen LogP) is 3.05. The van der Waals surface area contributed by atoms with Gasteiger partial charge in [-0.1, -0.05) is 22.9 Å². The van der Waals surface area contributed by atoms with Crippen LogP contribution in [0.15, 0.2) is 53.3 Å². The molecule has 1 aromatic carbocycles. The number of carbonyl (C=O) groups is 1. The van der Waals surface area contributed by atoms with Crippen LogP contribution in [0.2, 0.25) is 0 Å². The molecule has 0 bridgehead atoms. The lowest BCUT2D eigenvalue weighted by Gasteiger charge is -2.39. The van der Waals surface area contributed by atoms with Gasteiger partial charge in [-0.2, -0.15) is 4.98 Å². The van der Waals surface area contributed by atoms with Gasteiger partial charge in [0.2, 0.25) is 17.6 Å². The lowest BCUT2D eigenvalue weighted by Crippen LogP contribution is -2.56. The Hall–Kier alpha value is -3.22. The fourth-order valence-electron chi connectivity index (χ4n) is 3.04. The summed E-state index contributed by atoms with van der Waals surface area (Å²) in [7, 11) is 0. The van der Waals surface area contributed by atoms with Crippen LogP contribution in [0.4, 0.5) is 0 Å². The number of aryl methyl sites for hydroxylation is 2. The monoisotopic (exact) mass is 378 g/mol. The van der Waals surface area contributed by atoms with Gasteiger partial charge in [0.25, 0.3) is 0 Å². The molecule has 1 fully saturated rings. The Morgan fingerprint density at radius 3 is 2.82 bits per heavy atom. The first-order valence-electron chi connectivity index (χ1n) is 9.41. The van der Waals surface area contributed by atoms with E-state index in [0.717, 1.165) is 11.3 Å². The summed E-state index contributed by atoms with van der Waals surface area (Å²) in [4.78, 5) is 22.5. The summed E-state index contributed by atoms with van der Waals surface area (Å²) in [6.07, 6.45) is 5.18. The Balaban J connectivity index is 1.18. The van der Waals surface area contributed by atoms with Crippen LogP contribution in [0.5, 0.6) is 5.75 Å². The molecule has 28 heavy (non-hydrogen) atoms. The summed E-state index contributed by atoms with van der Waals surface area (Å²) in [5.74, 6) is 2.04. The zero-order valence-electron chi connectivity index (χ0n) is 15.7. The molecule has 3 heterocycles. The molecule has 3 aromatic rings. The molecular formula is C21H22N4O3. The number of hydrogen-bond donors (Lipinski definition) is 0. The van der Waals surface area contributed by atoms with Gasteiger partial charge in [-0.15, -0.1) is 0 Å². The summed E-state index contributed by atoms with van der Waals surface area (Å²) in [6.45, 7) is 3.32. The maximum absolute atomic E-state index is 12.3. The van der Waals surface area contributed by atoms with Gasteiger partial charge in [0.05, 0.1) is 13.1 Å². The molecule has 144 valence electrons. The molecule has 0 atom stereocenters. The minimum absolute atomic E-state index is 0.0737. The Kier molecular flexibility index (Phi) is 5.32. The molecule has 2 aromatic heterocycles. The van der Waals surface area contributed by atoms with E-state index >= 15 is 0 Å². The van der Waals surface area contributed by atoms with E-state index in [1.807, 2.05) is 48.2 Å². The molecule has 7 nitrogen and oxygen atoms in total. The number of aromatic nitrogens is 3. The van der Waals surface area contributed by atoms with Crippen LogP contribution in [0.25, 0.3) is 11.4 Å². The lowest BCUT2D eigenvalue weighted by atomic mass is 10.1. The zero-order chi connectivity index (χ0) is 19.3. The molecule has 0 saturated carbocycles. The summed E-state index contributed by atoms with van der Waals surface area (Å²) in [5, 5.41) is 3.96. The minimum atomic E-state index is 0.0737. The highest BCUT2D eigenvalue weighted by Crippen LogP contribution is 2.20. The van der Waals surface area contributed by atoms with E-state index in [0.29, 0.717) is 44.1 Å². The van der Waals surface area contributed by atoms with Gasteiger partial charge in [-0.25, -0.2) is 0 Å². The minimum Gasteiger partial charge on any atom is -0.487 e. The van der Waals surface area contributed by atoms with Gasteiger partial charge in [0.1, 0.15) is 11.9 Å². The van der Waals surface area contributed by atoms with Crippen molar-refractivity contribution < 1.29 is 14.1 Å². The largest absolute Gasteiger partial charge is 0.487 e. The molecule has 0 radical (unpaired) electrons. The van der Waals surface area contributed by atoms with Crippen LogP contribution in [0.1, 0.15) is 24.3 Å². The SMILES string of the molecule is Cc1ccc(OC2CN(C(=O)CCCc3nc(-c4cccnc4)no3)C2)cc1. The molecule has 0 N–H and O–H groups in total. The van der Waals surface area contributed by atoms with Gasteiger partial charge >= 0.3 is 0 Å². The topological polar surface area (TPSA) is 81.4 Å². The fourth-order valence-corrected chi connectivity index (χ4v) is 3.04. The third kappa shape index (κ3) is 4.36. The number of rotatable bonds is 7. The molecule has 1 aliphatic rings. The first kappa shape index (κ1) is 18.2. The number of hydrogen-bond acceptors (Lipinski definition) is 6. The second-order valence-corrected chi connectivity index (χ2v) is 6.96. The van der Waals surface area contributed by atoms with Crippen molar-refractivity contribution in [3.8, 4) is 17.1 Å². The molecule has 4 rings (SSSR count). The van der Waals surface area contributed by atoms with E-state index in [4.69, 9.17) is 9.26 Å². The molecule has 0 spiro atoms. The normalized spacial score (nSPS) is 14.0. The van der Waals surface area contributed by atoms with Crippen LogP contribution < -0.4 is 4.74 Å². The smallest absolute Gasteiger partial charge is 0.226 e. The standard InChI is InChI=1S/C21H22N4O3/c1-15-7-9-17(10-8-15)27-18-13-25(14-18)20(26)6-2-5-19-23-21(24-28-19)16-4-3-11-22-12-16/h3-4,7-12,18H,2,5-6,13-14H2,1H3. The second kappa shape index (κ2) is 8.21. The number of nitrogens with zero attached hydrogens (tertiary/aromatic N) is 4. The van der Waals surface area contributed by atoms with Gasteiger partial charge in [-0.3, -0.25) is 9.78 Å². The Morgan fingerprint density at radius 2 is 2.07 bits per heavy atom. The van der Waals surface area contributed by atoms with Crippen molar-refractivity contribution >= 4 is 5.91 Å². The number of carbonyl (C=O) groups excluding carboxylic acids is 1. The average molecular weight is 378 g/mol. The van der Waals surface area contributed by atoms with Crippen LogP contribution in [-0.2, 0) is 11.2 Å². The predicted molar refractivity (Wildman–Crippen MR) is 103 cm³/mol. The number of pyridine rings is 1. The highest BCUT2D eigenvalue weighted by molar-refractivity contribution is 5.77. The third-order valence-electron chi connectivity index (χ3n) is 4.69. The molecule has 1 amide bonds. The van der Waals surface area contributed by atoms with Crippen LogP contribution >= 0.6 is 0 Å². The van der Waals surface area contributed by atoms with E-state index in [1.165, 1.54) is 5.56 Å². The van der Waals surface area contributed by atoms with Crippen LogP contribution in [0.3, 0.4) is 0 Å². The number of likely N-dealkylation sites (tertiary alicyclic amines) is 1. The quantitative estimate of drug-likeness (QED) is 0.628. The van der Waals surface area contributed by atoms with Crippen molar-refractivity contribution in [1.29, 1.82) is 0 Å². The number of benzene rings is 1. The molecule has 1 saturated heterocycles. The maximum Gasteiger partial charge on any atom is 0.226 e. The highest BCUT2D eigenvalue weighted by atomic mass is 16.5. The average Bonchev–Trinajstić information content (AvgIpc) is 3.15. The summed E-state index contributed by atoms with van der Waals surface area (Å²) in [6, 6.07) is 11.7. The van der Waals surface area contributed by atoms with Gasteiger partial charge in [0.15, 0.2) is 0 Å². The summed E-state index contributed by atoms with van der Waals surface area (Å²) >= 11 is 0. The van der Waals surface area contributed by atoms with E-state index in [2.05, 4.69) is 15.1 Å². The highest BCUT2D eigenvalue weighted by Gasteiger charge is 2.31. The molecule has 0 unspecified atom stereocenters. The Morgan fingerprint density at radius 1 is 1.25 bits per heavy atom. The zero-order valence-corrected chi connectivity index (χ0v) is 15.7. The van der Waals surface area contributed by atoms with E-state index in [9.17, 15) is 4.79 Å². The molecule has 1 aliphatic heterocycles. The van der Waals surface area contributed by atoms with Crippen molar-refractivity contribution in [3.63, 3.8) is 0 Å². The van der Waals surface area contributed by atoms with Crippen molar-refractivity contribution in [1.82, 2.24) is 20.0 Å². The number of amides is 1. The van der Waals surface area contributed by atoms with E-state index in [-0.39, 0.29) is 12.0 Å². The van der Waals surface area contributed by atoms with Gasteiger partial charge < -0.3 is 14.2 Å². The first-order chi connectivity index (χ1) is 13.7. The van der Waals surface area contributed by atoms with Crippen molar-refractivity contribution in [3.05, 3.63) is 60.2 Å². The maximum atomic E-state index is 12.3. The Bertz CT molecular complexity index is 918. The lowest BCUT2D eigenvalue weighted by molar-refractivity contribution is -0.140. The third-order valence-corrected chi connectivity index (χ3v) is 4.69. The van der Waals surface area contributed by atoms with Crippen LogP contribution in [0, 0.1) is 6.92 Å². The van der Waals surface area contributed by atoms with E-state index in [1.54, 1.807) is 12.4 Å². The van der Waals surface area contributed by atoms with E-state index < -0.39 is 0 Å². The molecular weight excluding hydrogens is 356 g/mol. The fraction of sp³-hybridized carbons (Fsp3) is 0.333. The Labute approximate surface area is 163 Å². The first-order valence-corrected chi connectivity index (χ1v) is 9.41. The number of ether oxygens (including phenoxy) is 1. The molecule has 0 aliphatic carbocycles. The van der Waals surface area contributed by atoms with Gasteiger partial charge in [0, 0.05) is 30.8 Å². The van der Waals surface area contributed by atoms with Crippen LogP contribution in [-0.4, -0.2) is 45.1 Å².